The van der Waals surface area contributed by atoms with Gasteiger partial charge in [-0.15, -0.1) is 0 Å². The van der Waals surface area contributed by atoms with Crippen LogP contribution in [0.1, 0.15) is 27.7 Å². The van der Waals surface area contributed by atoms with Crippen molar-refractivity contribution < 1.29 is 0 Å². The molecule has 0 saturated carbocycles. The molecule has 0 aliphatic rings. The van der Waals surface area contributed by atoms with E-state index in [0.717, 1.165) is 9.56 Å². The fourth-order valence-electron chi connectivity index (χ4n) is 0.770. The van der Waals surface area contributed by atoms with E-state index in [4.69, 9.17) is 11.1 Å². The summed E-state index contributed by atoms with van der Waals surface area (Å²) in [5.74, 6) is 0. The smallest absolute Gasteiger partial charge is 0.255 e. The number of hydrogen-bond acceptors (Lipinski definition) is 0. The maximum absolute atomic E-state index is 6.75. The molecule has 56 valence electrons. The summed E-state index contributed by atoms with van der Waals surface area (Å²) in [7, 11) is 0. The molecule has 0 aromatic carbocycles. The second-order valence-corrected chi connectivity index (χ2v) is 5.82. The summed E-state index contributed by atoms with van der Waals surface area (Å²) >= 11 is 0.713. The number of hydrogen-bond donors (Lipinski definition) is 0. The second-order valence-electron chi connectivity index (χ2n) is 2.77. The Morgan fingerprint density at radius 3 is 1.20 bits per heavy atom. The predicted octanol–water partition coefficient (Wildman–Crippen LogP) is 3.21. The van der Waals surface area contributed by atoms with E-state index in [-0.39, 0.29) is 0 Å². The molecule has 0 bridgehead atoms. The van der Waals surface area contributed by atoms with Crippen molar-refractivity contribution in [1.29, 1.82) is 0 Å². The largest absolute Gasteiger partial charge is 0.373 e. The van der Waals surface area contributed by atoms with Crippen molar-refractivity contribution in [2.45, 2.75) is 37.3 Å². The van der Waals surface area contributed by atoms with E-state index < -0.39 is 0 Å². The van der Waals surface area contributed by atoms with Crippen molar-refractivity contribution >= 4 is 15.2 Å². The van der Waals surface area contributed by atoms with E-state index in [1.54, 1.807) is 0 Å². The number of nitrogens with zero attached hydrogens (tertiary/aromatic N) is 3. The quantitative estimate of drug-likeness (QED) is 0.254. The molecule has 4 heteroatoms. The van der Waals surface area contributed by atoms with Gasteiger partial charge in [-0.2, -0.15) is 0 Å². The van der Waals surface area contributed by atoms with E-state index in [2.05, 4.69) is 27.7 Å². The molecule has 0 radical (unpaired) electrons. The van der Waals surface area contributed by atoms with Crippen molar-refractivity contribution in [3.05, 3.63) is 16.0 Å². The molecular weight excluding hydrogens is 141 g/mol. The van der Waals surface area contributed by atoms with E-state index in [1.165, 1.54) is 4.91 Å². The summed E-state index contributed by atoms with van der Waals surface area (Å²) in [4.78, 5) is 1.50. The van der Waals surface area contributed by atoms with Crippen LogP contribution in [0, 0.1) is 0 Å². The van der Waals surface area contributed by atoms with Crippen molar-refractivity contribution in [3.8, 4) is 0 Å². The Balaban J connectivity index is 0. The van der Waals surface area contributed by atoms with Crippen LogP contribution in [-0.2, 0) is 0 Å². The molecular formula is C6H14AlN3. The van der Waals surface area contributed by atoms with Gasteiger partial charge in [0.05, 0.1) is 0 Å². The van der Waals surface area contributed by atoms with Crippen LogP contribution < -0.4 is 0 Å². The van der Waals surface area contributed by atoms with E-state index in [0.29, 0.717) is 15.2 Å². The second kappa shape index (κ2) is 8.84. The molecule has 0 amide bonds. The zero-order valence-electron chi connectivity index (χ0n) is 7.07. The molecule has 0 spiro atoms. The van der Waals surface area contributed by atoms with Crippen molar-refractivity contribution in [2.75, 3.05) is 0 Å². The molecule has 0 fully saturated rings. The summed E-state index contributed by atoms with van der Waals surface area (Å²) in [6, 6.07) is 0. The summed E-state index contributed by atoms with van der Waals surface area (Å²) < 4.78 is 1.92. The van der Waals surface area contributed by atoms with Gasteiger partial charge < -0.3 is 11.1 Å². The maximum Gasteiger partial charge on any atom is -0.255 e. The minimum absolute atomic E-state index is 0.713. The monoisotopic (exact) mass is 155 g/mol. The van der Waals surface area contributed by atoms with Crippen molar-refractivity contribution in [3.63, 3.8) is 0 Å². The summed E-state index contributed by atoms with van der Waals surface area (Å²) in [6.45, 7) is 9.20. The summed E-state index contributed by atoms with van der Waals surface area (Å²) in [6.07, 6.45) is 0. The first kappa shape index (κ1) is 12.5. The average Bonchev–Trinajstić information content (AvgIpc) is 1.62. The Bertz CT molecular complexity index is 89.2. The molecule has 0 unspecified atom stereocenters. The molecule has 0 saturated heterocycles. The fourth-order valence-corrected chi connectivity index (χ4v) is 2.31. The van der Waals surface area contributed by atoms with Crippen LogP contribution in [0.25, 0.3) is 16.0 Å². The molecule has 0 atom stereocenters. The predicted molar refractivity (Wildman–Crippen MR) is 46.0 cm³/mol. The zero-order chi connectivity index (χ0) is 8.57. The third-order valence-electron chi connectivity index (χ3n) is 0.770. The standard InChI is InChI=1S/2C3H7.Al.N3/c2*1-3-2;;1-3-2/h2*3H,1-2H3;;/q;;+1;-1. The Labute approximate surface area is 68.9 Å². The van der Waals surface area contributed by atoms with E-state index >= 15 is 0 Å². The SMILES string of the molecule is C[CH](C)[Al+][CH](C)C.[N-]=[N+]=[N-]. The minimum atomic E-state index is 0.713. The van der Waals surface area contributed by atoms with Crippen molar-refractivity contribution in [1.82, 2.24) is 0 Å². The Kier molecular flexibility index (Phi) is 11.1. The molecule has 0 aromatic heterocycles. The van der Waals surface area contributed by atoms with Crippen LogP contribution in [0.4, 0.5) is 0 Å². The normalized spacial score (nSPS) is 7.80. The minimum Gasteiger partial charge on any atom is -0.373 e. The first-order valence-electron chi connectivity index (χ1n) is 3.38. The van der Waals surface area contributed by atoms with Gasteiger partial charge in [0.15, 0.2) is 0 Å². The topological polar surface area (TPSA) is 58.7 Å². The summed E-state index contributed by atoms with van der Waals surface area (Å²) in [5, 5.41) is 0. The van der Waals surface area contributed by atoms with Crippen LogP contribution >= 0.6 is 0 Å². The van der Waals surface area contributed by atoms with Crippen LogP contribution in [-0.4, -0.2) is 15.2 Å². The van der Waals surface area contributed by atoms with Gasteiger partial charge in [-0.05, 0) is 0 Å². The third kappa shape index (κ3) is 24.9. The van der Waals surface area contributed by atoms with Gasteiger partial charge in [-0.25, -0.2) is 0 Å². The first-order valence-corrected chi connectivity index (χ1v) is 4.71. The van der Waals surface area contributed by atoms with Gasteiger partial charge in [0, 0.05) is 0 Å². The molecule has 0 rings (SSSR count). The first-order chi connectivity index (χ1) is 4.54. The van der Waals surface area contributed by atoms with Gasteiger partial charge in [0.1, 0.15) is 0 Å². The van der Waals surface area contributed by atoms with Crippen molar-refractivity contribution in [2.24, 2.45) is 0 Å². The van der Waals surface area contributed by atoms with Gasteiger partial charge in [-0.3, -0.25) is 4.91 Å². The van der Waals surface area contributed by atoms with Crippen LogP contribution in [0.5, 0.6) is 0 Å². The Morgan fingerprint density at radius 1 is 1.00 bits per heavy atom. The third-order valence-corrected chi connectivity index (χ3v) is 2.31. The molecule has 10 heavy (non-hydrogen) atoms. The van der Waals surface area contributed by atoms with Gasteiger partial charge in [-0.1, -0.05) is 0 Å². The molecule has 0 aromatic rings. The molecule has 3 nitrogen and oxygen atoms in total. The van der Waals surface area contributed by atoms with Gasteiger partial charge >= 0.3 is 52.5 Å². The van der Waals surface area contributed by atoms with E-state index in [1.807, 2.05) is 0 Å². The average molecular weight is 155 g/mol. The molecule has 0 aliphatic heterocycles. The Hall–Kier alpha value is -0.158. The van der Waals surface area contributed by atoms with E-state index in [9.17, 15) is 0 Å². The summed E-state index contributed by atoms with van der Waals surface area (Å²) in [5.41, 5.74) is 13.5. The van der Waals surface area contributed by atoms with Crippen LogP contribution in [0.3, 0.4) is 0 Å². The van der Waals surface area contributed by atoms with Gasteiger partial charge in [0.2, 0.25) is 0 Å². The molecule has 0 aliphatic carbocycles. The fraction of sp³-hybridized carbons (Fsp3) is 1.00. The molecule has 0 heterocycles. The maximum atomic E-state index is 6.75. The van der Waals surface area contributed by atoms with Gasteiger partial charge in [0.25, 0.3) is 0 Å². The molecule has 0 N–H and O–H groups in total. The van der Waals surface area contributed by atoms with Crippen LogP contribution in [0.15, 0.2) is 0 Å². The Morgan fingerprint density at radius 2 is 1.20 bits per heavy atom. The number of rotatable bonds is 2. The van der Waals surface area contributed by atoms with Crippen LogP contribution in [0.2, 0.25) is 9.56 Å². The zero-order valence-corrected chi connectivity index (χ0v) is 8.23.